The van der Waals surface area contributed by atoms with Crippen molar-refractivity contribution in [3.8, 4) is 0 Å². The summed E-state index contributed by atoms with van der Waals surface area (Å²) in [5.74, 6) is 0. The number of hydrogen-bond donors (Lipinski definition) is 0. The van der Waals surface area contributed by atoms with Crippen LogP contribution in [0.2, 0.25) is 5.28 Å². The van der Waals surface area contributed by atoms with Crippen LogP contribution in [-0.2, 0) is 20.6 Å². The minimum atomic E-state index is -0.414. The lowest BCUT2D eigenvalue weighted by Crippen LogP contribution is -2.37. The molecule has 0 aliphatic carbocycles. The number of rotatable bonds is 4. The molecule has 0 saturated carbocycles. The molecule has 1 atom stereocenters. The molecule has 1 unspecified atom stereocenters. The summed E-state index contributed by atoms with van der Waals surface area (Å²) < 4.78 is 4.04. The Hall–Kier alpha value is -0.600. The summed E-state index contributed by atoms with van der Waals surface area (Å²) in [6.07, 6.45) is 0.780. The molecule has 0 saturated heterocycles. The molecule has 0 aliphatic rings. The quantitative estimate of drug-likeness (QED) is 0.550. The maximum atomic E-state index is 12.3. The Morgan fingerprint density at radius 1 is 1.30 bits per heavy atom. The first-order chi connectivity index (χ1) is 9.38. The summed E-state index contributed by atoms with van der Waals surface area (Å²) >= 11 is 13.0. The Labute approximate surface area is 136 Å². The Balaban J connectivity index is 2.65. The van der Waals surface area contributed by atoms with Gasteiger partial charge < -0.3 is 4.57 Å². The van der Waals surface area contributed by atoms with Gasteiger partial charge in [0.25, 0.3) is 5.56 Å². The standard InChI is InChI=1S/C11H13Br2ClN4O2/c1-16-8-7(9(19)17(2)11(16)20)18(10(14)15-8)4-3-6(13)5-12/h6H,3-5H2,1-2H3. The van der Waals surface area contributed by atoms with Crippen molar-refractivity contribution in [2.75, 3.05) is 5.33 Å². The second-order valence-electron chi connectivity index (χ2n) is 4.45. The number of hydrogen-bond acceptors (Lipinski definition) is 3. The third kappa shape index (κ3) is 2.60. The zero-order chi connectivity index (χ0) is 15.0. The van der Waals surface area contributed by atoms with Crippen LogP contribution in [0.5, 0.6) is 0 Å². The molecular formula is C11H13Br2ClN4O2. The largest absolute Gasteiger partial charge is 0.332 e. The van der Waals surface area contributed by atoms with E-state index in [0.29, 0.717) is 17.7 Å². The van der Waals surface area contributed by atoms with Crippen LogP contribution in [0.1, 0.15) is 6.42 Å². The molecule has 0 radical (unpaired) electrons. The van der Waals surface area contributed by atoms with E-state index in [9.17, 15) is 9.59 Å². The second kappa shape index (κ2) is 6.03. The van der Waals surface area contributed by atoms with Gasteiger partial charge in [0.2, 0.25) is 5.28 Å². The van der Waals surface area contributed by atoms with Gasteiger partial charge in [-0.3, -0.25) is 13.9 Å². The molecular weight excluding hydrogens is 415 g/mol. The molecule has 0 amide bonds. The highest BCUT2D eigenvalue weighted by Crippen LogP contribution is 2.18. The number of imidazole rings is 1. The van der Waals surface area contributed by atoms with Crippen LogP contribution >= 0.6 is 43.5 Å². The summed E-state index contributed by atoms with van der Waals surface area (Å²) in [4.78, 5) is 28.5. The van der Waals surface area contributed by atoms with Gasteiger partial charge in [-0.2, -0.15) is 4.98 Å². The van der Waals surface area contributed by atoms with E-state index >= 15 is 0 Å². The first-order valence-electron chi connectivity index (χ1n) is 5.90. The highest BCUT2D eigenvalue weighted by atomic mass is 79.9. The average Bonchev–Trinajstić information content (AvgIpc) is 2.77. The van der Waals surface area contributed by atoms with E-state index in [1.807, 2.05) is 0 Å². The van der Waals surface area contributed by atoms with Gasteiger partial charge in [0.1, 0.15) is 0 Å². The van der Waals surface area contributed by atoms with Gasteiger partial charge in [0.15, 0.2) is 11.2 Å². The number of halogens is 3. The van der Waals surface area contributed by atoms with E-state index in [-0.39, 0.29) is 15.7 Å². The molecule has 2 aromatic rings. The molecule has 20 heavy (non-hydrogen) atoms. The zero-order valence-corrected chi connectivity index (χ0v) is 14.9. The van der Waals surface area contributed by atoms with Gasteiger partial charge in [0, 0.05) is 30.8 Å². The van der Waals surface area contributed by atoms with E-state index in [0.717, 1.165) is 16.3 Å². The molecule has 0 bridgehead atoms. The van der Waals surface area contributed by atoms with Gasteiger partial charge in [-0.1, -0.05) is 31.9 Å². The topological polar surface area (TPSA) is 61.8 Å². The molecule has 6 nitrogen and oxygen atoms in total. The van der Waals surface area contributed by atoms with Crippen molar-refractivity contribution in [2.45, 2.75) is 17.8 Å². The third-order valence-corrected chi connectivity index (χ3v) is 5.86. The minimum Gasteiger partial charge on any atom is -0.309 e. The third-order valence-electron chi connectivity index (χ3n) is 3.13. The van der Waals surface area contributed by atoms with Crippen LogP contribution in [-0.4, -0.2) is 28.8 Å². The first-order valence-corrected chi connectivity index (χ1v) is 8.31. The van der Waals surface area contributed by atoms with E-state index < -0.39 is 5.69 Å². The summed E-state index contributed by atoms with van der Waals surface area (Å²) in [6, 6.07) is 0. The van der Waals surface area contributed by atoms with Crippen molar-refractivity contribution in [1.82, 2.24) is 18.7 Å². The SMILES string of the molecule is Cn1c(=O)c2c(nc(Cl)n2CCC(Br)CBr)n(C)c1=O. The molecule has 0 spiro atoms. The van der Waals surface area contributed by atoms with E-state index in [2.05, 4.69) is 36.8 Å². The first kappa shape index (κ1) is 15.8. The second-order valence-corrected chi connectivity index (χ2v) is 6.73. The van der Waals surface area contributed by atoms with Crippen LogP contribution in [0.4, 0.5) is 0 Å². The molecule has 0 aromatic carbocycles. The lowest BCUT2D eigenvalue weighted by molar-refractivity contribution is 0.653. The van der Waals surface area contributed by atoms with Gasteiger partial charge in [-0.15, -0.1) is 0 Å². The summed E-state index contributed by atoms with van der Waals surface area (Å²) in [5, 5.41) is 1.01. The smallest absolute Gasteiger partial charge is 0.309 e. The lowest BCUT2D eigenvalue weighted by atomic mass is 10.3. The van der Waals surface area contributed by atoms with Crippen LogP contribution in [0.3, 0.4) is 0 Å². The summed E-state index contributed by atoms with van der Waals surface area (Å²) in [7, 11) is 3.02. The van der Waals surface area contributed by atoms with Crippen LogP contribution in [0, 0.1) is 0 Å². The Kier molecular flexibility index (Phi) is 4.76. The molecule has 0 aliphatic heterocycles. The minimum absolute atomic E-state index is 0.215. The summed E-state index contributed by atoms with van der Waals surface area (Å²) in [5.41, 5.74) is -0.128. The van der Waals surface area contributed by atoms with Crippen LogP contribution < -0.4 is 11.2 Å². The normalized spacial score (nSPS) is 13.1. The fourth-order valence-corrected chi connectivity index (χ4v) is 2.75. The molecule has 110 valence electrons. The number of fused-ring (bicyclic) bond motifs is 1. The fourth-order valence-electron chi connectivity index (χ4n) is 1.97. The molecule has 2 aromatic heterocycles. The monoisotopic (exact) mass is 426 g/mol. The maximum absolute atomic E-state index is 12.3. The summed E-state index contributed by atoms with van der Waals surface area (Å²) in [6.45, 7) is 0.546. The molecule has 0 fully saturated rings. The highest BCUT2D eigenvalue weighted by molar-refractivity contribution is 9.12. The van der Waals surface area contributed by atoms with Gasteiger partial charge in [-0.25, -0.2) is 4.79 Å². The van der Waals surface area contributed by atoms with Crippen molar-refractivity contribution in [1.29, 1.82) is 0 Å². The number of aromatic nitrogens is 4. The number of aryl methyl sites for hydroxylation is 2. The average molecular weight is 429 g/mol. The molecule has 9 heteroatoms. The predicted molar refractivity (Wildman–Crippen MR) is 86.4 cm³/mol. The molecule has 2 rings (SSSR count). The van der Waals surface area contributed by atoms with E-state index in [4.69, 9.17) is 11.6 Å². The lowest BCUT2D eigenvalue weighted by Gasteiger charge is -2.09. The van der Waals surface area contributed by atoms with Gasteiger partial charge in [-0.05, 0) is 18.0 Å². The van der Waals surface area contributed by atoms with Gasteiger partial charge >= 0.3 is 5.69 Å². The number of alkyl halides is 2. The Morgan fingerprint density at radius 2 is 1.95 bits per heavy atom. The van der Waals surface area contributed by atoms with Crippen molar-refractivity contribution < 1.29 is 0 Å². The van der Waals surface area contributed by atoms with Crippen molar-refractivity contribution in [3.63, 3.8) is 0 Å². The number of nitrogens with zero attached hydrogens (tertiary/aromatic N) is 4. The van der Waals surface area contributed by atoms with Crippen molar-refractivity contribution >= 4 is 54.6 Å². The Morgan fingerprint density at radius 3 is 2.55 bits per heavy atom. The molecule has 0 N–H and O–H groups in total. The molecule has 2 heterocycles. The highest BCUT2D eigenvalue weighted by Gasteiger charge is 2.18. The predicted octanol–water partition coefficient (Wildman–Crippen LogP) is 1.64. The van der Waals surface area contributed by atoms with E-state index in [1.165, 1.54) is 11.6 Å². The van der Waals surface area contributed by atoms with Crippen LogP contribution in [0.15, 0.2) is 9.59 Å². The Bertz CT molecular complexity index is 764. The van der Waals surface area contributed by atoms with Crippen molar-refractivity contribution in [2.24, 2.45) is 14.1 Å². The van der Waals surface area contributed by atoms with Crippen LogP contribution in [0.25, 0.3) is 11.2 Å². The van der Waals surface area contributed by atoms with Gasteiger partial charge in [0.05, 0.1) is 0 Å². The maximum Gasteiger partial charge on any atom is 0.332 e. The zero-order valence-electron chi connectivity index (χ0n) is 10.9. The van der Waals surface area contributed by atoms with E-state index in [1.54, 1.807) is 11.6 Å². The van der Waals surface area contributed by atoms with Crippen molar-refractivity contribution in [3.05, 3.63) is 26.1 Å². The fraction of sp³-hybridized carbons (Fsp3) is 0.545.